The van der Waals surface area contributed by atoms with Gasteiger partial charge in [-0.05, 0) is 47.0 Å². The lowest BCUT2D eigenvalue weighted by Gasteiger charge is -2.07. The topological polar surface area (TPSA) is 32.7 Å². The second-order valence-electron chi connectivity index (χ2n) is 6.03. The molecule has 1 heterocycles. The third kappa shape index (κ3) is 3.60. The largest absolute Gasteiger partial charge is 0.290 e. The zero-order valence-corrected chi connectivity index (χ0v) is 14.9. The SMILES string of the molecule is CC(C)c1ccc(/C=C2/SC(=Nc3ccccc3)N(C)C2=O)cc1. The molecule has 0 aromatic heterocycles. The normalized spacial score (nSPS) is 18.2. The van der Waals surface area contributed by atoms with Crippen LogP contribution in [0.1, 0.15) is 30.9 Å². The molecule has 0 spiro atoms. The predicted octanol–water partition coefficient (Wildman–Crippen LogP) is 5.04. The summed E-state index contributed by atoms with van der Waals surface area (Å²) < 4.78 is 0. The molecule has 24 heavy (non-hydrogen) atoms. The van der Waals surface area contributed by atoms with Gasteiger partial charge < -0.3 is 0 Å². The zero-order valence-electron chi connectivity index (χ0n) is 14.1. The van der Waals surface area contributed by atoms with E-state index in [0.29, 0.717) is 16.0 Å². The fourth-order valence-electron chi connectivity index (χ4n) is 2.39. The Morgan fingerprint density at radius 1 is 1.04 bits per heavy atom. The highest BCUT2D eigenvalue weighted by Crippen LogP contribution is 2.33. The van der Waals surface area contributed by atoms with Crippen molar-refractivity contribution in [1.29, 1.82) is 0 Å². The lowest BCUT2D eigenvalue weighted by Crippen LogP contribution is -2.23. The Labute approximate surface area is 147 Å². The summed E-state index contributed by atoms with van der Waals surface area (Å²) in [6, 6.07) is 18.0. The second-order valence-corrected chi connectivity index (χ2v) is 7.04. The van der Waals surface area contributed by atoms with Gasteiger partial charge in [-0.15, -0.1) is 0 Å². The Hall–Kier alpha value is -2.33. The second kappa shape index (κ2) is 7.05. The summed E-state index contributed by atoms with van der Waals surface area (Å²) in [5, 5.41) is 0.705. The summed E-state index contributed by atoms with van der Waals surface area (Å²) in [7, 11) is 1.76. The molecule has 1 fully saturated rings. The van der Waals surface area contributed by atoms with E-state index >= 15 is 0 Å². The van der Waals surface area contributed by atoms with Gasteiger partial charge in [0.15, 0.2) is 5.17 Å². The first kappa shape index (κ1) is 16.5. The maximum atomic E-state index is 12.4. The van der Waals surface area contributed by atoms with Crippen LogP contribution in [0.2, 0.25) is 0 Å². The molecule has 3 nitrogen and oxygen atoms in total. The standard InChI is InChI=1S/C20H20N2OS/c1-14(2)16-11-9-15(10-12-16)13-18-19(23)22(3)20(24-18)21-17-7-5-4-6-8-17/h4-14H,1-3H3/b18-13+,21-20?. The number of carbonyl (C=O) groups is 1. The summed E-state index contributed by atoms with van der Waals surface area (Å²) in [5.74, 6) is 0.493. The van der Waals surface area contributed by atoms with E-state index in [4.69, 9.17) is 0 Å². The molecule has 4 heteroatoms. The van der Waals surface area contributed by atoms with Gasteiger partial charge in [0, 0.05) is 7.05 Å². The van der Waals surface area contributed by atoms with Crippen molar-refractivity contribution in [3.05, 3.63) is 70.6 Å². The number of benzene rings is 2. The number of amidine groups is 1. The lowest BCUT2D eigenvalue weighted by molar-refractivity contribution is -0.121. The minimum Gasteiger partial charge on any atom is -0.290 e. The Kier molecular flexibility index (Phi) is 4.86. The van der Waals surface area contributed by atoms with Crippen LogP contribution in [0.15, 0.2) is 64.5 Å². The van der Waals surface area contributed by atoms with Crippen molar-refractivity contribution >= 4 is 34.6 Å². The minimum absolute atomic E-state index is 0.0115. The van der Waals surface area contributed by atoms with Crippen LogP contribution < -0.4 is 0 Å². The number of likely N-dealkylation sites (N-methyl/N-ethyl adjacent to an activating group) is 1. The van der Waals surface area contributed by atoms with Gasteiger partial charge in [0.05, 0.1) is 10.6 Å². The molecule has 0 saturated carbocycles. The summed E-state index contributed by atoms with van der Waals surface area (Å²) in [5.41, 5.74) is 3.18. The van der Waals surface area contributed by atoms with Crippen molar-refractivity contribution in [1.82, 2.24) is 4.90 Å². The van der Waals surface area contributed by atoms with Crippen molar-refractivity contribution in [3.8, 4) is 0 Å². The average molecular weight is 336 g/mol. The number of nitrogens with zero attached hydrogens (tertiary/aromatic N) is 2. The third-order valence-corrected chi connectivity index (χ3v) is 4.95. The maximum absolute atomic E-state index is 12.4. The van der Waals surface area contributed by atoms with Gasteiger partial charge in [0.2, 0.25) is 0 Å². The van der Waals surface area contributed by atoms with Crippen molar-refractivity contribution < 1.29 is 4.79 Å². The smallest absolute Gasteiger partial charge is 0.266 e. The molecule has 1 aliphatic rings. The molecule has 0 atom stereocenters. The maximum Gasteiger partial charge on any atom is 0.266 e. The molecular formula is C20H20N2OS. The van der Waals surface area contributed by atoms with Gasteiger partial charge in [-0.1, -0.05) is 56.3 Å². The summed E-state index contributed by atoms with van der Waals surface area (Å²) in [6.45, 7) is 4.34. The Morgan fingerprint density at radius 3 is 2.33 bits per heavy atom. The summed E-state index contributed by atoms with van der Waals surface area (Å²) in [6.07, 6.45) is 1.93. The number of amides is 1. The predicted molar refractivity (Wildman–Crippen MR) is 102 cm³/mol. The number of aliphatic imine (C=N–C) groups is 1. The van der Waals surface area contributed by atoms with Crippen LogP contribution in [-0.4, -0.2) is 23.0 Å². The van der Waals surface area contributed by atoms with E-state index in [1.54, 1.807) is 11.9 Å². The summed E-state index contributed by atoms with van der Waals surface area (Å²) >= 11 is 1.41. The molecule has 3 rings (SSSR count). The first-order valence-corrected chi connectivity index (χ1v) is 8.77. The number of hydrogen-bond acceptors (Lipinski definition) is 3. The molecule has 0 radical (unpaired) electrons. The monoisotopic (exact) mass is 336 g/mol. The molecule has 122 valence electrons. The van der Waals surface area contributed by atoms with Gasteiger partial charge in [0.25, 0.3) is 5.91 Å². The molecule has 1 aliphatic heterocycles. The lowest BCUT2D eigenvalue weighted by atomic mass is 10.0. The van der Waals surface area contributed by atoms with Gasteiger partial charge in [0.1, 0.15) is 0 Å². The van der Waals surface area contributed by atoms with Crippen LogP contribution >= 0.6 is 11.8 Å². The van der Waals surface area contributed by atoms with Crippen molar-refractivity contribution in [2.24, 2.45) is 4.99 Å². The van der Waals surface area contributed by atoms with Gasteiger partial charge in [-0.2, -0.15) is 0 Å². The summed E-state index contributed by atoms with van der Waals surface area (Å²) in [4.78, 5) is 19.3. The Bertz CT molecular complexity index is 792. The van der Waals surface area contributed by atoms with E-state index in [9.17, 15) is 4.79 Å². The van der Waals surface area contributed by atoms with Crippen molar-refractivity contribution in [2.45, 2.75) is 19.8 Å². The van der Waals surface area contributed by atoms with E-state index in [2.05, 4.69) is 43.1 Å². The zero-order chi connectivity index (χ0) is 17.1. The number of carbonyl (C=O) groups excluding carboxylic acids is 1. The number of rotatable bonds is 3. The molecule has 0 unspecified atom stereocenters. The molecule has 0 bridgehead atoms. The molecule has 1 amide bonds. The Morgan fingerprint density at radius 2 is 1.71 bits per heavy atom. The highest BCUT2D eigenvalue weighted by atomic mass is 32.2. The fraction of sp³-hybridized carbons (Fsp3) is 0.200. The molecule has 0 N–H and O–H groups in total. The highest BCUT2D eigenvalue weighted by molar-refractivity contribution is 8.18. The number of hydrogen-bond donors (Lipinski definition) is 0. The molecule has 0 aliphatic carbocycles. The fourth-order valence-corrected chi connectivity index (χ4v) is 3.38. The van der Waals surface area contributed by atoms with E-state index in [-0.39, 0.29) is 5.91 Å². The minimum atomic E-state index is -0.0115. The van der Waals surface area contributed by atoms with Gasteiger partial charge >= 0.3 is 0 Å². The van der Waals surface area contributed by atoms with E-state index < -0.39 is 0 Å². The van der Waals surface area contributed by atoms with Crippen LogP contribution in [0.25, 0.3) is 6.08 Å². The number of thioether (sulfide) groups is 1. The van der Waals surface area contributed by atoms with Crippen LogP contribution in [-0.2, 0) is 4.79 Å². The first-order valence-electron chi connectivity index (χ1n) is 7.96. The van der Waals surface area contributed by atoms with Crippen LogP contribution in [0.5, 0.6) is 0 Å². The van der Waals surface area contributed by atoms with E-state index in [0.717, 1.165) is 11.3 Å². The quantitative estimate of drug-likeness (QED) is 0.735. The van der Waals surface area contributed by atoms with E-state index in [1.807, 2.05) is 36.4 Å². The van der Waals surface area contributed by atoms with Gasteiger partial charge in [-0.3, -0.25) is 9.69 Å². The third-order valence-electron chi connectivity index (χ3n) is 3.89. The number of para-hydroxylation sites is 1. The first-order chi connectivity index (χ1) is 11.5. The van der Waals surface area contributed by atoms with Crippen LogP contribution in [0.4, 0.5) is 5.69 Å². The van der Waals surface area contributed by atoms with Crippen LogP contribution in [0.3, 0.4) is 0 Å². The molecular weight excluding hydrogens is 316 g/mol. The molecule has 1 saturated heterocycles. The van der Waals surface area contributed by atoms with Gasteiger partial charge in [-0.25, -0.2) is 4.99 Å². The Balaban J connectivity index is 1.84. The highest BCUT2D eigenvalue weighted by Gasteiger charge is 2.30. The van der Waals surface area contributed by atoms with Crippen molar-refractivity contribution in [3.63, 3.8) is 0 Å². The van der Waals surface area contributed by atoms with Crippen LogP contribution in [0, 0.1) is 0 Å². The molecule has 2 aromatic rings. The van der Waals surface area contributed by atoms with E-state index in [1.165, 1.54) is 17.3 Å². The van der Waals surface area contributed by atoms with Crippen molar-refractivity contribution in [2.75, 3.05) is 7.05 Å². The molecule has 2 aromatic carbocycles. The average Bonchev–Trinajstić information content (AvgIpc) is 2.84.